The van der Waals surface area contributed by atoms with Crippen molar-refractivity contribution in [2.75, 3.05) is 49.1 Å². The molecule has 2 rings (SSSR count). The highest BCUT2D eigenvalue weighted by atomic mass is 32.2. The number of hydrogen-bond acceptors (Lipinski definition) is 4. The van der Waals surface area contributed by atoms with Crippen LogP contribution in [0.4, 0.5) is 11.4 Å². The zero-order chi connectivity index (χ0) is 18.6. The standard InChI is InChI=1S/C16H24N4O4S/c1-12-5-6-13(20-8-4-10-25(20,23)24)11-14(12)18-16(22)15(21)17-7-9-19(2)3/h5-6,11H,4,7-10H2,1-3H3,(H,17,21)(H,18,22)/p+1. The average molecular weight is 369 g/mol. The Morgan fingerprint density at radius 3 is 2.56 bits per heavy atom. The monoisotopic (exact) mass is 369 g/mol. The van der Waals surface area contributed by atoms with Gasteiger partial charge in [0.15, 0.2) is 0 Å². The second kappa shape index (κ2) is 7.83. The molecule has 2 amide bonds. The molecule has 0 atom stereocenters. The summed E-state index contributed by atoms with van der Waals surface area (Å²) >= 11 is 0. The predicted octanol–water partition coefficient (Wildman–Crippen LogP) is -1.27. The zero-order valence-electron chi connectivity index (χ0n) is 14.8. The van der Waals surface area contributed by atoms with Crippen molar-refractivity contribution in [1.29, 1.82) is 0 Å². The van der Waals surface area contributed by atoms with E-state index in [0.717, 1.165) is 10.5 Å². The van der Waals surface area contributed by atoms with Crippen molar-refractivity contribution >= 4 is 33.2 Å². The number of amides is 2. The van der Waals surface area contributed by atoms with Gasteiger partial charge in [0.2, 0.25) is 10.0 Å². The maximum atomic E-state index is 12.0. The largest absolute Gasteiger partial charge is 0.342 e. The number of carbonyl (C=O) groups is 2. The van der Waals surface area contributed by atoms with Crippen molar-refractivity contribution < 1.29 is 22.9 Å². The first-order valence-electron chi connectivity index (χ1n) is 8.20. The maximum Gasteiger partial charge on any atom is 0.313 e. The molecule has 0 spiro atoms. The Morgan fingerprint density at radius 2 is 1.96 bits per heavy atom. The molecule has 1 aliphatic rings. The first-order valence-corrected chi connectivity index (χ1v) is 9.81. The molecule has 1 heterocycles. The van der Waals surface area contributed by atoms with E-state index in [-0.39, 0.29) is 5.75 Å². The minimum Gasteiger partial charge on any atom is -0.342 e. The van der Waals surface area contributed by atoms with E-state index >= 15 is 0 Å². The number of benzene rings is 1. The van der Waals surface area contributed by atoms with Crippen LogP contribution >= 0.6 is 0 Å². The quantitative estimate of drug-likeness (QED) is 0.564. The lowest BCUT2D eigenvalue weighted by Gasteiger charge is -2.19. The van der Waals surface area contributed by atoms with Crippen molar-refractivity contribution in [3.63, 3.8) is 0 Å². The van der Waals surface area contributed by atoms with E-state index in [0.29, 0.717) is 37.4 Å². The van der Waals surface area contributed by atoms with Crippen LogP contribution in [0.25, 0.3) is 0 Å². The zero-order valence-corrected chi connectivity index (χ0v) is 15.6. The van der Waals surface area contributed by atoms with Gasteiger partial charge in [-0.2, -0.15) is 0 Å². The third kappa shape index (κ3) is 4.93. The summed E-state index contributed by atoms with van der Waals surface area (Å²) in [6.45, 7) is 3.32. The van der Waals surface area contributed by atoms with Crippen LogP contribution in [0.2, 0.25) is 0 Å². The fourth-order valence-corrected chi connectivity index (χ4v) is 4.07. The lowest BCUT2D eigenvalue weighted by atomic mass is 10.1. The van der Waals surface area contributed by atoms with Crippen molar-refractivity contribution in [2.45, 2.75) is 13.3 Å². The number of aryl methyl sites for hydroxylation is 1. The third-order valence-electron chi connectivity index (χ3n) is 3.97. The van der Waals surface area contributed by atoms with Crippen LogP contribution < -0.4 is 19.8 Å². The molecule has 9 heteroatoms. The summed E-state index contributed by atoms with van der Waals surface area (Å²) in [5.74, 6) is -1.35. The first-order chi connectivity index (χ1) is 11.7. The van der Waals surface area contributed by atoms with Crippen LogP contribution in [0.1, 0.15) is 12.0 Å². The Labute approximate surface area is 148 Å². The van der Waals surface area contributed by atoms with E-state index in [1.165, 1.54) is 4.31 Å². The van der Waals surface area contributed by atoms with Gasteiger partial charge >= 0.3 is 11.8 Å². The topological polar surface area (TPSA) is 100 Å². The molecule has 1 aliphatic heterocycles. The molecule has 1 aromatic carbocycles. The summed E-state index contributed by atoms with van der Waals surface area (Å²) < 4.78 is 25.4. The number of nitrogens with zero attached hydrogens (tertiary/aromatic N) is 1. The van der Waals surface area contributed by atoms with Crippen LogP contribution in [0.3, 0.4) is 0 Å². The number of quaternary nitrogens is 1. The Morgan fingerprint density at radius 1 is 1.24 bits per heavy atom. The van der Waals surface area contributed by atoms with Crippen LogP contribution in [-0.4, -0.2) is 59.7 Å². The van der Waals surface area contributed by atoms with Crippen LogP contribution in [-0.2, 0) is 19.6 Å². The molecule has 3 N–H and O–H groups in total. The van der Waals surface area contributed by atoms with E-state index in [9.17, 15) is 18.0 Å². The highest BCUT2D eigenvalue weighted by Gasteiger charge is 2.28. The maximum absolute atomic E-state index is 12.0. The minimum absolute atomic E-state index is 0.124. The smallest absolute Gasteiger partial charge is 0.313 e. The summed E-state index contributed by atoms with van der Waals surface area (Å²) in [7, 11) is 0.608. The highest BCUT2D eigenvalue weighted by molar-refractivity contribution is 7.93. The number of nitrogens with one attached hydrogen (secondary N) is 3. The summed E-state index contributed by atoms with van der Waals surface area (Å²) in [6.07, 6.45) is 0.578. The van der Waals surface area contributed by atoms with E-state index in [2.05, 4.69) is 10.6 Å². The molecule has 0 radical (unpaired) electrons. The molecule has 8 nitrogen and oxygen atoms in total. The summed E-state index contributed by atoms with van der Waals surface area (Å²) in [6, 6.07) is 5.02. The number of anilines is 2. The number of carbonyl (C=O) groups excluding carboxylic acids is 2. The van der Waals surface area contributed by atoms with Gasteiger partial charge in [0.05, 0.1) is 38.6 Å². The number of hydrogen-bond donors (Lipinski definition) is 3. The molecule has 1 aromatic rings. The molecule has 0 unspecified atom stereocenters. The van der Waals surface area contributed by atoms with E-state index in [1.807, 2.05) is 14.1 Å². The molecule has 1 fully saturated rings. The number of sulfonamides is 1. The van der Waals surface area contributed by atoms with Gasteiger partial charge in [-0.3, -0.25) is 13.9 Å². The molecule has 138 valence electrons. The van der Waals surface area contributed by atoms with E-state index < -0.39 is 21.8 Å². The lowest BCUT2D eigenvalue weighted by Crippen LogP contribution is -3.06. The molecule has 25 heavy (non-hydrogen) atoms. The summed E-state index contributed by atoms with van der Waals surface area (Å²) in [5, 5.41) is 5.12. The third-order valence-corrected chi connectivity index (χ3v) is 5.84. The minimum atomic E-state index is -3.30. The van der Waals surface area contributed by atoms with E-state index in [4.69, 9.17) is 0 Å². The van der Waals surface area contributed by atoms with E-state index in [1.54, 1.807) is 25.1 Å². The molecular formula is C16H25N4O4S+. The van der Waals surface area contributed by atoms with Crippen molar-refractivity contribution in [1.82, 2.24) is 5.32 Å². The Balaban J connectivity index is 2.08. The summed E-state index contributed by atoms with van der Waals surface area (Å²) in [5.41, 5.74) is 1.67. The van der Waals surface area contributed by atoms with Gasteiger partial charge in [-0.15, -0.1) is 0 Å². The van der Waals surface area contributed by atoms with Gasteiger partial charge in [0.1, 0.15) is 0 Å². The highest BCUT2D eigenvalue weighted by Crippen LogP contribution is 2.28. The van der Waals surface area contributed by atoms with Crippen molar-refractivity contribution in [3.05, 3.63) is 23.8 Å². The van der Waals surface area contributed by atoms with Crippen LogP contribution in [0.5, 0.6) is 0 Å². The molecule has 0 bridgehead atoms. The second-order valence-electron chi connectivity index (χ2n) is 6.41. The number of likely N-dealkylation sites (N-methyl/N-ethyl adjacent to an activating group) is 1. The van der Waals surface area contributed by atoms with Gasteiger partial charge in [0.25, 0.3) is 0 Å². The fourth-order valence-electron chi connectivity index (χ4n) is 2.51. The second-order valence-corrected chi connectivity index (χ2v) is 8.42. The fraction of sp³-hybridized carbons (Fsp3) is 0.500. The first kappa shape index (κ1) is 19.2. The Bertz CT molecular complexity index is 761. The average Bonchev–Trinajstić information content (AvgIpc) is 2.88. The Kier molecular flexibility index (Phi) is 6.02. The summed E-state index contributed by atoms with van der Waals surface area (Å²) in [4.78, 5) is 25.0. The SMILES string of the molecule is Cc1ccc(N2CCCS2(=O)=O)cc1NC(=O)C(=O)NCC[NH+](C)C. The van der Waals surface area contributed by atoms with Gasteiger partial charge < -0.3 is 15.5 Å². The normalized spacial score (nSPS) is 16.1. The molecule has 0 saturated carbocycles. The molecule has 0 aromatic heterocycles. The van der Waals surface area contributed by atoms with Crippen LogP contribution in [0, 0.1) is 6.92 Å². The lowest BCUT2D eigenvalue weighted by molar-refractivity contribution is -0.856. The van der Waals surface area contributed by atoms with Gasteiger partial charge in [-0.1, -0.05) is 6.07 Å². The van der Waals surface area contributed by atoms with Crippen molar-refractivity contribution in [3.8, 4) is 0 Å². The molecule has 1 saturated heterocycles. The van der Waals surface area contributed by atoms with Gasteiger partial charge in [-0.25, -0.2) is 8.42 Å². The number of rotatable bonds is 5. The van der Waals surface area contributed by atoms with Crippen molar-refractivity contribution in [2.24, 2.45) is 0 Å². The predicted molar refractivity (Wildman–Crippen MR) is 96.2 cm³/mol. The van der Waals surface area contributed by atoms with Gasteiger partial charge in [0, 0.05) is 12.2 Å². The molecule has 0 aliphatic carbocycles. The molecular weight excluding hydrogens is 344 g/mol. The van der Waals surface area contributed by atoms with Crippen LogP contribution in [0.15, 0.2) is 18.2 Å². The van der Waals surface area contributed by atoms with Gasteiger partial charge in [-0.05, 0) is 31.0 Å². The Hall–Kier alpha value is -2.13.